The van der Waals surface area contributed by atoms with Gasteiger partial charge in [0.2, 0.25) is 0 Å². The number of piperazine rings is 1. The van der Waals surface area contributed by atoms with Gasteiger partial charge in [0, 0.05) is 16.1 Å². The van der Waals surface area contributed by atoms with Gasteiger partial charge in [0.1, 0.15) is 6.54 Å². The van der Waals surface area contributed by atoms with Crippen molar-refractivity contribution in [2.75, 3.05) is 26.2 Å². The SMILES string of the molecule is Cc1ccc(C(=O)N2CC[NH+](Cc3cccc(Cl)c3)CC2)cc1. The first-order chi connectivity index (χ1) is 11.1. The second kappa shape index (κ2) is 7.16. The zero-order valence-corrected chi connectivity index (χ0v) is 14.1. The lowest BCUT2D eigenvalue weighted by molar-refractivity contribution is -0.917. The van der Waals surface area contributed by atoms with Crippen molar-refractivity contribution in [1.82, 2.24) is 4.90 Å². The maximum absolute atomic E-state index is 12.5. The van der Waals surface area contributed by atoms with E-state index >= 15 is 0 Å². The molecule has 4 heteroatoms. The predicted octanol–water partition coefficient (Wildman–Crippen LogP) is 2.19. The molecule has 0 atom stereocenters. The number of halogens is 1. The number of amides is 1. The molecular formula is C19H22ClN2O+. The van der Waals surface area contributed by atoms with E-state index in [4.69, 9.17) is 11.6 Å². The van der Waals surface area contributed by atoms with E-state index in [1.807, 2.05) is 54.3 Å². The summed E-state index contributed by atoms with van der Waals surface area (Å²) in [5.74, 6) is 0.145. The van der Waals surface area contributed by atoms with E-state index in [1.165, 1.54) is 16.0 Å². The number of carbonyl (C=O) groups is 1. The number of hydrogen-bond donors (Lipinski definition) is 1. The first-order valence-corrected chi connectivity index (χ1v) is 8.43. The van der Waals surface area contributed by atoms with E-state index in [2.05, 4.69) is 6.07 Å². The molecule has 2 aromatic rings. The van der Waals surface area contributed by atoms with Gasteiger partial charge in [0.25, 0.3) is 5.91 Å². The summed E-state index contributed by atoms with van der Waals surface area (Å²) in [5, 5.41) is 0.787. The van der Waals surface area contributed by atoms with Gasteiger partial charge in [-0.1, -0.05) is 41.4 Å². The lowest BCUT2D eigenvalue weighted by Gasteiger charge is -2.32. The molecule has 3 rings (SSSR count). The van der Waals surface area contributed by atoms with Crippen LogP contribution in [0, 0.1) is 6.92 Å². The maximum atomic E-state index is 12.5. The molecule has 2 aromatic carbocycles. The Morgan fingerprint density at radius 3 is 2.48 bits per heavy atom. The Bertz CT molecular complexity index is 676. The number of hydrogen-bond acceptors (Lipinski definition) is 1. The minimum atomic E-state index is 0.145. The van der Waals surface area contributed by atoms with Crippen molar-refractivity contribution in [3.8, 4) is 0 Å². The Kier molecular flexibility index (Phi) is 4.99. The topological polar surface area (TPSA) is 24.8 Å². The average Bonchev–Trinajstić information content (AvgIpc) is 2.56. The van der Waals surface area contributed by atoms with Crippen LogP contribution < -0.4 is 4.90 Å². The minimum absolute atomic E-state index is 0.145. The van der Waals surface area contributed by atoms with Crippen molar-refractivity contribution in [2.24, 2.45) is 0 Å². The molecule has 3 nitrogen and oxygen atoms in total. The summed E-state index contributed by atoms with van der Waals surface area (Å²) in [6.45, 7) is 6.57. The van der Waals surface area contributed by atoms with Crippen LogP contribution in [0.3, 0.4) is 0 Å². The van der Waals surface area contributed by atoms with Gasteiger partial charge in [-0.25, -0.2) is 0 Å². The molecule has 1 N–H and O–H groups in total. The van der Waals surface area contributed by atoms with E-state index in [-0.39, 0.29) is 5.91 Å². The van der Waals surface area contributed by atoms with E-state index in [1.54, 1.807) is 0 Å². The summed E-state index contributed by atoms with van der Waals surface area (Å²) < 4.78 is 0. The number of aryl methyl sites for hydroxylation is 1. The Balaban J connectivity index is 1.55. The second-order valence-electron chi connectivity index (χ2n) is 6.21. The largest absolute Gasteiger partial charge is 0.328 e. The van der Waals surface area contributed by atoms with Crippen LogP contribution in [0.5, 0.6) is 0 Å². The number of nitrogens with zero attached hydrogens (tertiary/aromatic N) is 1. The Hall–Kier alpha value is -1.84. The van der Waals surface area contributed by atoms with Gasteiger partial charge < -0.3 is 9.80 Å². The van der Waals surface area contributed by atoms with Crippen molar-refractivity contribution in [3.63, 3.8) is 0 Å². The third-order valence-corrected chi connectivity index (χ3v) is 4.63. The maximum Gasteiger partial charge on any atom is 0.254 e. The highest BCUT2D eigenvalue weighted by Gasteiger charge is 2.24. The second-order valence-corrected chi connectivity index (χ2v) is 6.65. The van der Waals surface area contributed by atoms with Crippen LogP contribution in [0.4, 0.5) is 0 Å². The van der Waals surface area contributed by atoms with Crippen molar-refractivity contribution in [1.29, 1.82) is 0 Å². The van der Waals surface area contributed by atoms with Crippen molar-refractivity contribution in [3.05, 3.63) is 70.2 Å². The number of rotatable bonds is 3. The summed E-state index contributed by atoms with van der Waals surface area (Å²) in [4.78, 5) is 16.0. The fraction of sp³-hybridized carbons (Fsp3) is 0.316. The highest BCUT2D eigenvalue weighted by molar-refractivity contribution is 6.30. The quantitative estimate of drug-likeness (QED) is 0.917. The standard InChI is InChI=1S/C19H21ClN2O/c1-15-5-7-17(8-6-15)19(23)22-11-9-21(10-12-22)14-16-3-2-4-18(20)13-16/h2-8,13H,9-12,14H2,1H3/p+1. The van der Waals surface area contributed by atoms with Crippen molar-refractivity contribution in [2.45, 2.75) is 13.5 Å². The summed E-state index contributed by atoms with van der Waals surface area (Å²) in [5.41, 5.74) is 3.22. The molecule has 23 heavy (non-hydrogen) atoms. The summed E-state index contributed by atoms with van der Waals surface area (Å²) >= 11 is 6.04. The van der Waals surface area contributed by atoms with Gasteiger partial charge in [-0.3, -0.25) is 4.79 Å². The van der Waals surface area contributed by atoms with Gasteiger partial charge in [-0.15, -0.1) is 0 Å². The number of carbonyl (C=O) groups excluding carboxylic acids is 1. The molecule has 1 amide bonds. The van der Waals surface area contributed by atoms with Crippen LogP contribution in [0.25, 0.3) is 0 Å². The summed E-state index contributed by atoms with van der Waals surface area (Å²) in [6.07, 6.45) is 0. The Labute approximate surface area is 142 Å². The highest BCUT2D eigenvalue weighted by Crippen LogP contribution is 2.10. The normalized spacial score (nSPS) is 15.7. The lowest BCUT2D eigenvalue weighted by Crippen LogP contribution is -3.13. The molecule has 0 unspecified atom stereocenters. The molecule has 120 valence electrons. The molecule has 1 fully saturated rings. The van der Waals surface area contributed by atoms with Crippen LogP contribution in [-0.4, -0.2) is 37.0 Å². The van der Waals surface area contributed by atoms with Crippen LogP contribution in [-0.2, 0) is 6.54 Å². The Morgan fingerprint density at radius 1 is 1.13 bits per heavy atom. The molecule has 0 spiro atoms. The number of quaternary nitrogens is 1. The zero-order valence-electron chi connectivity index (χ0n) is 13.4. The molecule has 1 saturated heterocycles. The van der Waals surface area contributed by atoms with E-state index in [0.717, 1.165) is 43.3 Å². The molecule has 0 aliphatic carbocycles. The third kappa shape index (κ3) is 4.12. The van der Waals surface area contributed by atoms with Crippen molar-refractivity contribution < 1.29 is 9.69 Å². The zero-order chi connectivity index (χ0) is 16.2. The highest BCUT2D eigenvalue weighted by atomic mass is 35.5. The van der Waals surface area contributed by atoms with Gasteiger partial charge in [-0.05, 0) is 31.2 Å². The van der Waals surface area contributed by atoms with Crippen LogP contribution in [0.2, 0.25) is 5.02 Å². The molecular weight excluding hydrogens is 308 g/mol. The summed E-state index contributed by atoms with van der Waals surface area (Å²) in [7, 11) is 0. The third-order valence-electron chi connectivity index (χ3n) is 4.40. The monoisotopic (exact) mass is 329 g/mol. The molecule has 1 heterocycles. The summed E-state index contributed by atoms with van der Waals surface area (Å²) in [6, 6.07) is 15.9. The van der Waals surface area contributed by atoms with Gasteiger partial charge in [-0.2, -0.15) is 0 Å². The van der Waals surface area contributed by atoms with Crippen LogP contribution >= 0.6 is 11.6 Å². The van der Waals surface area contributed by atoms with E-state index in [9.17, 15) is 4.79 Å². The van der Waals surface area contributed by atoms with Crippen molar-refractivity contribution >= 4 is 17.5 Å². The fourth-order valence-electron chi connectivity index (χ4n) is 3.02. The molecule has 0 bridgehead atoms. The van der Waals surface area contributed by atoms with Gasteiger partial charge in [0.05, 0.1) is 26.2 Å². The van der Waals surface area contributed by atoms with Crippen LogP contribution in [0.1, 0.15) is 21.5 Å². The minimum Gasteiger partial charge on any atom is -0.328 e. The van der Waals surface area contributed by atoms with Crippen LogP contribution in [0.15, 0.2) is 48.5 Å². The fourth-order valence-corrected chi connectivity index (χ4v) is 3.23. The van der Waals surface area contributed by atoms with Gasteiger partial charge >= 0.3 is 0 Å². The smallest absolute Gasteiger partial charge is 0.254 e. The molecule has 1 aliphatic heterocycles. The van der Waals surface area contributed by atoms with E-state index in [0.29, 0.717) is 0 Å². The van der Waals surface area contributed by atoms with Gasteiger partial charge in [0.15, 0.2) is 0 Å². The molecule has 0 saturated carbocycles. The lowest BCUT2D eigenvalue weighted by atomic mass is 10.1. The molecule has 0 aromatic heterocycles. The number of nitrogens with one attached hydrogen (secondary N) is 1. The average molecular weight is 330 g/mol. The number of benzene rings is 2. The predicted molar refractivity (Wildman–Crippen MR) is 92.9 cm³/mol. The first kappa shape index (κ1) is 16.0. The molecule has 0 radical (unpaired) electrons. The van der Waals surface area contributed by atoms with E-state index < -0.39 is 0 Å². The Morgan fingerprint density at radius 2 is 1.83 bits per heavy atom. The first-order valence-electron chi connectivity index (χ1n) is 8.06. The molecule has 1 aliphatic rings.